The number of carbonyl (C=O) groups excluding carboxylic acids is 3. The molecule has 10 heteroatoms. The minimum absolute atomic E-state index is 0.310. The molecule has 0 radical (unpaired) electrons. The molecule has 10 nitrogen and oxygen atoms in total. The highest BCUT2D eigenvalue weighted by Crippen LogP contribution is 2.39. The Labute approximate surface area is 212 Å². The molecular weight excluding hydrogens is 472 g/mol. The predicted molar refractivity (Wildman–Crippen MR) is 134 cm³/mol. The summed E-state index contributed by atoms with van der Waals surface area (Å²) < 4.78 is 6.00. The number of urea groups is 1. The first-order valence-electron chi connectivity index (χ1n) is 12.0. The number of rotatable bonds is 4. The van der Waals surface area contributed by atoms with Gasteiger partial charge in [-0.25, -0.2) is 9.78 Å². The number of anilines is 3. The van der Waals surface area contributed by atoms with Crippen molar-refractivity contribution >= 4 is 34.9 Å². The molecule has 2 aromatic carbocycles. The standard InChI is InChI=1S/C27H22N6O4/c28-15-17-2-4-19(5-3-17)32-13-10-18-14-21(7-8-22(18)32)37-23-9-6-20(16-29-23)33-12-1-11-27(33)24(34)30-26(36)31-25(27)35/h2-9,14,16H,1,10-13H2,(H2,30,31,34,35,36). The predicted octanol–water partition coefficient (Wildman–Crippen LogP) is 3.14. The number of nitrogens with one attached hydrogen (secondary N) is 2. The summed E-state index contributed by atoms with van der Waals surface area (Å²) in [7, 11) is 0. The summed E-state index contributed by atoms with van der Waals surface area (Å²) in [5.41, 5.74) is 3.05. The molecule has 2 fully saturated rings. The van der Waals surface area contributed by atoms with E-state index in [1.54, 1.807) is 23.2 Å². The summed E-state index contributed by atoms with van der Waals surface area (Å²) in [4.78, 5) is 45.2. The number of pyridine rings is 1. The van der Waals surface area contributed by atoms with Crippen LogP contribution in [0.15, 0.2) is 60.8 Å². The van der Waals surface area contributed by atoms with Crippen LogP contribution in [0.2, 0.25) is 0 Å². The molecule has 2 N–H and O–H groups in total. The molecular formula is C27H22N6O4. The Morgan fingerprint density at radius 3 is 2.41 bits per heavy atom. The van der Waals surface area contributed by atoms with Crippen molar-refractivity contribution < 1.29 is 19.1 Å². The van der Waals surface area contributed by atoms with Crippen molar-refractivity contribution in [2.24, 2.45) is 0 Å². The minimum Gasteiger partial charge on any atom is -0.439 e. The van der Waals surface area contributed by atoms with Crippen molar-refractivity contribution in [1.82, 2.24) is 15.6 Å². The number of hydrogen-bond acceptors (Lipinski definition) is 8. The lowest BCUT2D eigenvalue weighted by Crippen LogP contribution is -2.71. The number of imide groups is 2. The Balaban J connectivity index is 1.18. The second kappa shape index (κ2) is 8.64. The monoisotopic (exact) mass is 494 g/mol. The normalized spacial score (nSPS) is 17.9. The van der Waals surface area contributed by atoms with Gasteiger partial charge in [-0.15, -0.1) is 0 Å². The summed E-state index contributed by atoms with van der Waals surface area (Å²) in [5, 5.41) is 13.5. The van der Waals surface area contributed by atoms with Crippen LogP contribution in [0.3, 0.4) is 0 Å². The number of hydrogen-bond donors (Lipinski definition) is 2. The van der Waals surface area contributed by atoms with Crippen molar-refractivity contribution in [3.63, 3.8) is 0 Å². The Bertz CT molecular complexity index is 1440. The zero-order valence-electron chi connectivity index (χ0n) is 19.7. The molecule has 0 saturated carbocycles. The van der Waals surface area contributed by atoms with Gasteiger partial charge >= 0.3 is 6.03 Å². The van der Waals surface area contributed by atoms with E-state index < -0.39 is 23.4 Å². The molecule has 0 aliphatic carbocycles. The number of nitrogens with zero attached hydrogens (tertiary/aromatic N) is 4. The molecule has 0 atom stereocenters. The molecule has 3 aromatic rings. The number of barbiturate groups is 1. The average molecular weight is 495 g/mol. The third-order valence-electron chi connectivity index (χ3n) is 7.10. The van der Waals surface area contributed by atoms with E-state index in [0.717, 1.165) is 29.9 Å². The van der Waals surface area contributed by atoms with Crippen LogP contribution >= 0.6 is 0 Å². The summed E-state index contributed by atoms with van der Waals surface area (Å²) in [6.07, 6.45) is 3.37. The van der Waals surface area contributed by atoms with E-state index in [-0.39, 0.29) is 0 Å². The van der Waals surface area contributed by atoms with E-state index in [9.17, 15) is 14.4 Å². The number of nitriles is 1. The van der Waals surface area contributed by atoms with Crippen LogP contribution in [0.5, 0.6) is 11.6 Å². The number of aromatic nitrogens is 1. The summed E-state index contributed by atoms with van der Waals surface area (Å²) in [5.74, 6) is -0.200. The largest absolute Gasteiger partial charge is 0.439 e. The number of ether oxygens (including phenoxy) is 1. The first-order valence-corrected chi connectivity index (χ1v) is 12.0. The second-order valence-corrected chi connectivity index (χ2v) is 9.16. The summed E-state index contributed by atoms with van der Waals surface area (Å²) in [6.45, 7) is 1.32. The van der Waals surface area contributed by atoms with Crippen molar-refractivity contribution in [3.05, 3.63) is 71.9 Å². The maximum Gasteiger partial charge on any atom is 0.328 e. The minimum atomic E-state index is -1.46. The number of benzene rings is 2. The van der Waals surface area contributed by atoms with Gasteiger partial charge in [0.15, 0.2) is 5.54 Å². The van der Waals surface area contributed by atoms with Crippen LogP contribution in [0.4, 0.5) is 21.9 Å². The third-order valence-corrected chi connectivity index (χ3v) is 7.10. The van der Waals surface area contributed by atoms with Gasteiger partial charge in [-0.1, -0.05) is 0 Å². The average Bonchev–Trinajstić information content (AvgIpc) is 3.53. The van der Waals surface area contributed by atoms with Crippen molar-refractivity contribution in [3.8, 4) is 17.7 Å². The summed E-state index contributed by atoms with van der Waals surface area (Å²) >= 11 is 0. The molecule has 37 heavy (non-hydrogen) atoms. The molecule has 184 valence electrons. The first kappa shape index (κ1) is 22.5. The van der Waals surface area contributed by atoms with E-state index in [1.165, 1.54) is 0 Å². The van der Waals surface area contributed by atoms with Gasteiger partial charge in [0.05, 0.1) is 23.5 Å². The Morgan fingerprint density at radius 2 is 1.70 bits per heavy atom. The van der Waals surface area contributed by atoms with Crippen molar-refractivity contribution in [2.75, 3.05) is 22.9 Å². The van der Waals surface area contributed by atoms with Gasteiger partial charge in [0, 0.05) is 30.5 Å². The van der Waals surface area contributed by atoms with Gasteiger partial charge in [0.1, 0.15) is 5.75 Å². The lowest BCUT2D eigenvalue weighted by molar-refractivity contribution is -0.137. The quantitative estimate of drug-likeness (QED) is 0.530. The van der Waals surface area contributed by atoms with Crippen LogP contribution in [0.25, 0.3) is 0 Å². The number of carbonyl (C=O) groups is 3. The molecule has 4 amide bonds. The van der Waals surface area contributed by atoms with E-state index in [4.69, 9.17) is 10.00 Å². The summed E-state index contributed by atoms with van der Waals surface area (Å²) in [6, 6.07) is 18.2. The fourth-order valence-electron chi connectivity index (χ4n) is 5.33. The topological polar surface area (TPSA) is 128 Å². The van der Waals surface area contributed by atoms with Gasteiger partial charge in [0.2, 0.25) is 5.88 Å². The molecule has 1 spiro atoms. The fourth-order valence-corrected chi connectivity index (χ4v) is 5.33. The highest BCUT2D eigenvalue weighted by atomic mass is 16.5. The number of amides is 4. The molecule has 1 aromatic heterocycles. The van der Waals surface area contributed by atoms with E-state index in [0.29, 0.717) is 42.3 Å². The molecule has 6 rings (SSSR count). The SMILES string of the molecule is N#Cc1ccc(N2CCc3cc(Oc4ccc(N5CCCC56C(=O)NC(=O)NC6=O)cn4)ccc32)cc1. The van der Waals surface area contributed by atoms with Crippen molar-refractivity contribution in [2.45, 2.75) is 24.8 Å². The van der Waals surface area contributed by atoms with Crippen molar-refractivity contribution in [1.29, 1.82) is 5.26 Å². The fraction of sp³-hybridized carbons (Fsp3) is 0.222. The molecule has 3 aliphatic heterocycles. The Hall–Kier alpha value is -4.91. The third kappa shape index (κ3) is 3.72. The lowest BCUT2D eigenvalue weighted by atomic mass is 9.92. The van der Waals surface area contributed by atoms with Crippen LogP contribution in [0, 0.1) is 11.3 Å². The molecule has 4 heterocycles. The smallest absolute Gasteiger partial charge is 0.328 e. The first-order chi connectivity index (χ1) is 18.0. The Morgan fingerprint density at radius 1 is 0.946 bits per heavy atom. The van der Waals surface area contributed by atoms with Gasteiger partial charge < -0.3 is 14.5 Å². The van der Waals surface area contributed by atoms with Gasteiger partial charge in [-0.2, -0.15) is 5.26 Å². The Kier molecular flexibility index (Phi) is 5.26. The maximum atomic E-state index is 12.7. The van der Waals surface area contributed by atoms with Crippen LogP contribution < -0.4 is 25.2 Å². The van der Waals surface area contributed by atoms with Crippen LogP contribution in [0.1, 0.15) is 24.0 Å². The van der Waals surface area contributed by atoms with E-state index >= 15 is 0 Å². The van der Waals surface area contributed by atoms with Gasteiger partial charge in [-0.3, -0.25) is 20.2 Å². The van der Waals surface area contributed by atoms with E-state index in [1.807, 2.05) is 42.5 Å². The highest BCUT2D eigenvalue weighted by molar-refractivity contribution is 6.24. The van der Waals surface area contributed by atoms with Crippen LogP contribution in [-0.4, -0.2) is 41.5 Å². The second-order valence-electron chi connectivity index (χ2n) is 9.16. The lowest BCUT2D eigenvalue weighted by Gasteiger charge is -2.38. The zero-order chi connectivity index (χ0) is 25.6. The van der Waals surface area contributed by atoms with E-state index in [2.05, 4.69) is 26.6 Å². The van der Waals surface area contributed by atoms with Gasteiger partial charge in [0.25, 0.3) is 11.8 Å². The maximum absolute atomic E-state index is 12.7. The molecule has 0 unspecified atom stereocenters. The molecule has 0 bridgehead atoms. The highest BCUT2D eigenvalue weighted by Gasteiger charge is 2.57. The molecule has 2 saturated heterocycles. The number of fused-ring (bicyclic) bond motifs is 1. The van der Waals surface area contributed by atoms with Crippen LogP contribution in [-0.2, 0) is 16.0 Å². The molecule has 3 aliphatic rings. The van der Waals surface area contributed by atoms with Gasteiger partial charge in [-0.05, 0) is 73.4 Å². The zero-order valence-corrected chi connectivity index (χ0v) is 19.7.